The van der Waals surface area contributed by atoms with E-state index in [2.05, 4.69) is 45.6 Å². The van der Waals surface area contributed by atoms with Gasteiger partial charge in [0.25, 0.3) is 0 Å². The molecule has 3 N–H and O–H groups in total. The van der Waals surface area contributed by atoms with Gasteiger partial charge in [-0.1, -0.05) is 28.9 Å². The molecule has 1 aliphatic heterocycles. The Morgan fingerprint density at radius 2 is 2.39 bits per heavy atom. The lowest BCUT2D eigenvalue weighted by Gasteiger charge is -2.44. The molecule has 0 spiro atoms. The van der Waals surface area contributed by atoms with Crippen LogP contribution in [0.5, 0.6) is 0 Å². The second-order valence-corrected chi connectivity index (χ2v) is 5.92. The van der Waals surface area contributed by atoms with E-state index in [0.29, 0.717) is 5.92 Å². The molecule has 18 heavy (non-hydrogen) atoms. The van der Waals surface area contributed by atoms with Crippen molar-refractivity contribution in [1.82, 2.24) is 5.32 Å². The van der Waals surface area contributed by atoms with Crippen molar-refractivity contribution in [2.24, 2.45) is 5.92 Å². The summed E-state index contributed by atoms with van der Waals surface area (Å²) in [4.78, 5) is 0. The first-order valence-electron chi connectivity index (χ1n) is 6.55. The van der Waals surface area contributed by atoms with E-state index in [0.717, 1.165) is 36.1 Å². The predicted molar refractivity (Wildman–Crippen MR) is 78.8 cm³/mol. The molecule has 1 aromatic rings. The minimum atomic E-state index is -0.194. The lowest BCUT2D eigenvalue weighted by Crippen LogP contribution is -2.57. The Morgan fingerprint density at radius 1 is 1.56 bits per heavy atom. The molecule has 1 heterocycles. The highest BCUT2D eigenvalue weighted by Gasteiger charge is 2.39. The van der Waals surface area contributed by atoms with Gasteiger partial charge >= 0.3 is 0 Å². The van der Waals surface area contributed by atoms with E-state index in [-0.39, 0.29) is 12.1 Å². The molecule has 100 valence electrons. The van der Waals surface area contributed by atoms with E-state index >= 15 is 0 Å². The first-order chi connectivity index (χ1) is 8.70. The van der Waals surface area contributed by atoms with Gasteiger partial charge in [-0.05, 0) is 43.5 Å². The summed E-state index contributed by atoms with van der Waals surface area (Å²) in [6.07, 6.45) is 2.02. The predicted octanol–water partition coefficient (Wildman–Crippen LogP) is 2.61. The smallest absolute Gasteiger partial charge is 0.0665 e. The van der Waals surface area contributed by atoms with Crippen molar-refractivity contribution in [2.45, 2.75) is 25.3 Å². The van der Waals surface area contributed by atoms with E-state index in [1.54, 1.807) is 0 Å². The number of benzene rings is 1. The Labute approximate surface area is 117 Å². The van der Waals surface area contributed by atoms with Crippen LogP contribution in [0.3, 0.4) is 0 Å². The first kappa shape index (κ1) is 13.8. The summed E-state index contributed by atoms with van der Waals surface area (Å²) < 4.78 is 1.06. The lowest BCUT2D eigenvalue weighted by atomic mass is 9.77. The van der Waals surface area contributed by atoms with Gasteiger partial charge in [0.2, 0.25) is 0 Å². The maximum atomic E-state index is 9.87. The number of hydrogen-bond donors (Lipinski definition) is 3. The van der Waals surface area contributed by atoms with Crippen LogP contribution in [0.25, 0.3) is 0 Å². The Kier molecular flexibility index (Phi) is 4.65. The van der Waals surface area contributed by atoms with Crippen LogP contribution >= 0.6 is 15.9 Å². The fraction of sp³-hybridized carbons (Fsp3) is 0.571. The second kappa shape index (κ2) is 6.04. The Morgan fingerprint density at radius 3 is 3.06 bits per heavy atom. The third-order valence-electron chi connectivity index (χ3n) is 3.91. The van der Waals surface area contributed by atoms with Crippen LogP contribution in [0.1, 0.15) is 19.8 Å². The summed E-state index contributed by atoms with van der Waals surface area (Å²) in [5.74, 6) is 0.454. The molecule has 0 saturated carbocycles. The molecule has 0 aliphatic carbocycles. The van der Waals surface area contributed by atoms with Gasteiger partial charge in [-0.2, -0.15) is 0 Å². The van der Waals surface area contributed by atoms with Crippen LogP contribution in [-0.4, -0.2) is 30.3 Å². The molecule has 0 aromatic heterocycles. The summed E-state index contributed by atoms with van der Waals surface area (Å²) >= 11 is 3.48. The van der Waals surface area contributed by atoms with Gasteiger partial charge in [0.15, 0.2) is 0 Å². The number of piperidine rings is 1. The molecule has 1 fully saturated rings. The van der Waals surface area contributed by atoms with Gasteiger partial charge in [0.05, 0.1) is 12.1 Å². The SMILES string of the molecule is CCC1CNCCC1(CO)Nc1cccc(Br)c1. The molecular weight excluding hydrogens is 292 g/mol. The average Bonchev–Trinajstić information content (AvgIpc) is 2.39. The topological polar surface area (TPSA) is 44.3 Å². The van der Waals surface area contributed by atoms with Gasteiger partial charge < -0.3 is 15.7 Å². The fourth-order valence-corrected chi connectivity index (χ4v) is 3.19. The maximum Gasteiger partial charge on any atom is 0.0665 e. The summed E-state index contributed by atoms with van der Waals surface area (Å²) in [7, 11) is 0. The summed E-state index contributed by atoms with van der Waals surface area (Å²) in [5, 5.41) is 16.8. The molecule has 0 radical (unpaired) electrons. The summed E-state index contributed by atoms with van der Waals surface area (Å²) in [5.41, 5.74) is 0.875. The van der Waals surface area contributed by atoms with E-state index in [9.17, 15) is 5.11 Å². The molecule has 1 saturated heterocycles. The molecule has 3 nitrogen and oxygen atoms in total. The zero-order valence-corrected chi connectivity index (χ0v) is 12.3. The standard InChI is InChI=1S/C14H21BrN2O/c1-2-11-9-16-7-6-14(11,10-18)17-13-5-3-4-12(15)8-13/h3-5,8,11,16-18H,2,6-7,9-10H2,1H3. The fourth-order valence-electron chi connectivity index (χ4n) is 2.79. The quantitative estimate of drug-likeness (QED) is 0.801. The Hall–Kier alpha value is -0.580. The normalized spacial score (nSPS) is 28.1. The van der Waals surface area contributed by atoms with Crippen LogP contribution in [0, 0.1) is 5.92 Å². The van der Waals surface area contributed by atoms with Gasteiger partial charge in [-0.25, -0.2) is 0 Å². The number of rotatable bonds is 4. The third-order valence-corrected chi connectivity index (χ3v) is 4.41. The Balaban J connectivity index is 2.21. The molecule has 2 atom stereocenters. The van der Waals surface area contributed by atoms with E-state index in [1.165, 1.54) is 0 Å². The molecule has 2 unspecified atom stereocenters. The zero-order chi connectivity index (χ0) is 13.0. The number of halogens is 1. The van der Waals surface area contributed by atoms with Crippen LogP contribution < -0.4 is 10.6 Å². The third kappa shape index (κ3) is 2.87. The number of aliphatic hydroxyl groups excluding tert-OH is 1. The maximum absolute atomic E-state index is 9.87. The van der Waals surface area contributed by atoms with Crippen molar-refractivity contribution in [2.75, 3.05) is 25.0 Å². The zero-order valence-electron chi connectivity index (χ0n) is 10.7. The van der Waals surface area contributed by atoms with Crippen molar-refractivity contribution in [3.63, 3.8) is 0 Å². The van der Waals surface area contributed by atoms with E-state index in [1.807, 2.05) is 12.1 Å². The highest BCUT2D eigenvalue weighted by atomic mass is 79.9. The van der Waals surface area contributed by atoms with Crippen LogP contribution in [-0.2, 0) is 0 Å². The van der Waals surface area contributed by atoms with Gasteiger partial charge in [0.1, 0.15) is 0 Å². The van der Waals surface area contributed by atoms with Crippen LogP contribution in [0.2, 0.25) is 0 Å². The minimum absolute atomic E-state index is 0.180. The monoisotopic (exact) mass is 312 g/mol. The van der Waals surface area contributed by atoms with Gasteiger partial charge in [-0.15, -0.1) is 0 Å². The molecular formula is C14H21BrN2O. The van der Waals surface area contributed by atoms with E-state index in [4.69, 9.17) is 0 Å². The molecule has 1 aromatic carbocycles. The van der Waals surface area contributed by atoms with Crippen molar-refractivity contribution in [3.05, 3.63) is 28.7 Å². The highest BCUT2D eigenvalue weighted by molar-refractivity contribution is 9.10. The number of aliphatic hydroxyl groups is 1. The minimum Gasteiger partial charge on any atom is -0.394 e. The average molecular weight is 313 g/mol. The van der Waals surface area contributed by atoms with Crippen molar-refractivity contribution in [3.8, 4) is 0 Å². The molecule has 2 rings (SSSR count). The number of anilines is 1. The first-order valence-corrected chi connectivity index (χ1v) is 7.35. The largest absolute Gasteiger partial charge is 0.394 e. The number of nitrogens with one attached hydrogen (secondary N) is 2. The highest BCUT2D eigenvalue weighted by Crippen LogP contribution is 2.31. The van der Waals surface area contributed by atoms with Crippen molar-refractivity contribution in [1.29, 1.82) is 0 Å². The van der Waals surface area contributed by atoms with Crippen molar-refractivity contribution >= 4 is 21.6 Å². The van der Waals surface area contributed by atoms with Crippen molar-refractivity contribution < 1.29 is 5.11 Å². The number of hydrogen-bond acceptors (Lipinski definition) is 3. The van der Waals surface area contributed by atoms with Gasteiger partial charge in [-0.3, -0.25) is 0 Å². The van der Waals surface area contributed by atoms with Gasteiger partial charge in [0, 0.05) is 16.7 Å². The molecule has 1 aliphatic rings. The molecule has 4 heteroatoms. The molecule has 0 bridgehead atoms. The van der Waals surface area contributed by atoms with Crippen LogP contribution in [0.15, 0.2) is 28.7 Å². The summed E-state index contributed by atoms with van der Waals surface area (Å²) in [6.45, 7) is 4.29. The Bertz CT molecular complexity index is 399. The van der Waals surface area contributed by atoms with Crippen LogP contribution in [0.4, 0.5) is 5.69 Å². The second-order valence-electron chi connectivity index (χ2n) is 5.01. The van der Waals surface area contributed by atoms with E-state index < -0.39 is 0 Å². The summed E-state index contributed by atoms with van der Waals surface area (Å²) in [6, 6.07) is 8.14. The lowest BCUT2D eigenvalue weighted by molar-refractivity contribution is 0.124. The molecule has 0 amide bonds.